The Labute approximate surface area is 376 Å². The fourth-order valence-electron chi connectivity index (χ4n) is 9.34. The van der Waals surface area contributed by atoms with Gasteiger partial charge in [0, 0.05) is 11.4 Å². The third-order valence-electron chi connectivity index (χ3n) is 13.3. The van der Waals surface area contributed by atoms with Gasteiger partial charge in [-0.15, -0.1) is 0 Å². The molecule has 61 heavy (non-hydrogen) atoms. The Balaban J connectivity index is 0.937. The van der Waals surface area contributed by atoms with Gasteiger partial charge in [0.2, 0.25) is 0 Å². The van der Waals surface area contributed by atoms with E-state index in [0.29, 0.717) is 0 Å². The van der Waals surface area contributed by atoms with Crippen molar-refractivity contribution in [1.29, 1.82) is 0 Å². The van der Waals surface area contributed by atoms with Gasteiger partial charge in [-0.05, 0) is 133 Å². The average molecular weight is 827 g/mol. The fourth-order valence-corrected chi connectivity index (χ4v) is 9.34. The topological polar surface area (TPSA) is 52.0 Å². The quantitative estimate of drug-likeness (QED) is 0.0354. The van der Waals surface area contributed by atoms with E-state index in [1.54, 1.807) is 0 Å². The Bertz CT molecular complexity index is 1540. The van der Waals surface area contributed by atoms with Gasteiger partial charge in [-0.1, -0.05) is 222 Å². The van der Waals surface area contributed by atoms with E-state index in [9.17, 15) is 0 Å². The van der Waals surface area contributed by atoms with Crippen LogP contribution in [-0.4, -0.2) is 0 Å². The average Bonchev–Trinajstić information content (AvgIpc) is 3.27. The van der Waals surface area contributed by atoms with Crippen molar-refractivity contribution < 1.29 is 0 Å². The summed E-state index contributed by atoms with van der Waals surface area (Å²) in [6, 6.07) is 32.0. The van der Waals surface area contributed by atoms with Gasteiger partial charge in [0.25, 0.3) is 0 Å². The number of nitrogen functional groups attached to an aromatic ring is 2. The van der Waals surface area contributed by atoms with Crippen LogP contribution in [0.15, 0.2) is 84.9 Å². The third kappa shape index (κ3) is 22.4. The highest BCUT2D eigenvalue weighted by Gasteiger charge is 2.08. The van der Waals surface area contributed by atoms with E-state index >= 15 is 0 Å². The Morgan fingerprint density at radius 2 is 0.525 bits per heavy atom. The number of unbranched alkanes of at least 4 members (excludes halogenated alkanes) is 24. The van der Waals surface area contributed by atoms with E-state index in [2.05, 4.69) is 98.8 Å². The summed E-state index contributed by atoms with van der Waals surface area (Å²) in [6.45, 7) is 4.57. The fraction of sp³-hybridized carbons (Fsp3) is 0.593. The van der Waals surface area contributed by atoms with Crippen LogP contribution in [0.5, 0.6) is 0 Å². The molecule has 2 heteroatoms. The first-order valence-electron chi connectivity index (χ1n) is 25.9. The van der Waals surface area contributed by atoms with Crippen LogP contribution in [0.25, 0.3) is 0 Å². The van der Waals surface area contributed by atoms with Crippen molar-refractivity contribution in [3.05, 3.63) is 129 Å². The second-order valence-corrected chi connectivity index (χ2v) is 18.9. The van der Waals surface area contributed by atoms with E-state index in [1.807, 2.05) is 0 Å². The molecule has 0 saturated carbocycles. The molecule has 0 saturated heterocycles. The molecule has 0 aromatic heterocycles. The SMILES string of the molecule is CCCCCCCCc1cc(N)ccc1Cc1ccc(CCCCCCCCCCCCCCCCCc2ccc(Cc3ccc(N)cc3CCCCCCCC)cc2)cc1. The molecule has 0 fully saturated rings. The van der Waals surface area contributed by atoms with Gasteiger partial charge >= 0.3 is 0 Å². The summed E-state index contributed by atoms with van der Waals surface area (Å²) in [4.78, 5) is 0. The first-order chi connectivity index (χ1) is 30.0. The molecule has 4 aromatic carbocycles. The van der Waals surface area contributed by atoms with E-state index in [1.165, 1.54) is 231 Å². The largest absolute Gasteiger partial charge is 0.399 e. The molecule has 0 atom stereocenters. The zero-order chi connectivity index (χ0) is 43.0. The van der Waals surface area contributed by atoms with Crippen LogP contribution >= 0.6 is 0 Å². The summed E-state index contributed by atoms with van der Waals surface area (Å²) in [5.74, 6) is 0. The van der Waals surface area contributed by atoms with E-state index < -0.39 is 0 Å². The maximum Gasteiger partial charge on any atom is 0.0316 e. The van der Waals surface area contributed by atoms with Gasteiger partial charge in [0.15, 0.2) is 0 Å². The molecule has 0 amide bonds. The predicted octanol–water partition coefficient (Wildman–Crippen LogP) is 17.5. The molecule has 0 aliphatic heterocycles. The summed E-state index contributed by atoms with van der Waals surface area (Å²) in [7, 11) is 0. The minimum atomic E-state index is 0.899. The van der Waals surface area contributed by atoms with E-state index in [4.69, 9.17) is 11.5 Å². The molecule has 0 aliphatic carbocycles. The molecule has 0 bridgehead atoms. The molecule has 4 aromatic rings. The maximum absolute atomic E-state index is 6.18. The molecule has 4 N–H and O–H groups in total. The third-order valence-corrected chi connectivity index (χ3v) is 13.3. The first-order valence-corrected chi connectivity index (χ1v) is 25.9. The van der Waals surface area contributed by atoms with Crippen LogP contribution in [0.2, 0.25) is 0 Å². The number of hydrogen-bond acceptors (Lipinski definition) is 2. The van der Waals surface area contributed by atoms with Crippen LogP contribution in [-0.2, 0) is 38.5 Å². The van der Waals surface area contributed by atoms with Crippen molar-refractivity contribution in [2.45, 2.75) is 226 Å². The first kappa shape index (κ1) is 50.1. The zero-order valence-electron chi connectivity index (χ0n) is 39.6. The Morgan fingerprint density at radius 3 is 0.836 bits per heavy atom. The molecular formula is C59H90N2. The minimum Gasteiger partial charge on any atom is -0.399 e. The minimum absolute atomic E-state index is 0.899. The van der Waals surface area contributed by atoms with Crippen molar-refractivity contribution >= 4 is 11.4 Å². The van der Waals surface area contributed by atoms with Crippen molar-refractivity contribution in [1.82, 2.24) is 0 Å². The van der Waals surface area contributed by atoms with Crippen LogP contribution in [0.1, 0.15) is 232 Å². The lowest BCUT2D eigenvalue weighted by Crippen LogP contribution is -1.99. The molecule has 336 valence electrons. The zero-order valence-corrected chi connectivity index (χ0v) is 39.6. The van der Waals surface area contributed by atoms with E-state index in [0.717, 1.165) is 37.1 Å². The van der Waals surface area contributed by atoms with Gasteiger partial charge in [-0.2, -0.15) is 0 Å². The van der Waals surface area contributed by atoms with Crippen LogP contribution in [0.4, 0.5) is 11.4 Å². The Hall–Kier alpha value is -3.52. The lowest BCUT2D eigenvalue weighted by molar-refractivity contribution is 0.530. The number of nitrogens with two attached hydrogens (primary N) is 2. The van der Waals surface area contributed by atoms with Crippen LogP contribution < -0.4 is 11.5 Å². The normalized spacial score (nSPS) is 11.4. The predicted molar refractivity (Wildman–Crippen MR) is 271 cm³/mol. The molecule has 0 heterocycles. The summed E-state index contributed by atoms with van der Waals surface area (Å²) in [6.07, 6.45) is 43.8. The number of benzene rings is 4. The van der Waals surface area contributed by atoms with Crippen LogP contribution in [0.3, 0.4) is 0 Å². The number of anilines is 2. The van der Waals surface area contributed by atoms with Crippen molar-refractivity contribution in [2.75, 3.05) is 11.5 Å². The highest BCUT2D eigenvalue weighted by Crippen LogP contribution is 2.24. The van der Waals surface area contributed by atoms with E-state index in [-0.39, 0.29) is 0 Å². The number of aryl methyl sites for hydroxylation is 4. The maximum atomic E-state index is 6.18. The lowest BCUT2D eigenvalue weighted by Gasteiger charge is -2.12. The van der Waals surface area contributed by atoms with Gasteiger partial charge in [-0.25, -0.2) is 0 Å². The highest BCUT2D eigenvalue weighted by molar-refractivity contribution is 5.47. The Kier molecular flexibility index (Phi) is 26.5. The van der Waals surface area contributed by atoms with Crippen molar-refractivity contribution in [3.63, 3.8) is 0 Å². The number of rotatable bonds is 36. The molecule has 4 rings (SSSR count). The molecule has 0 unspecified atom stereocenters. The Morgan fingerprint density at radius 1 is 0.262 bits per heavy atom. The van der Waals surface area contributed by atoms with Crippen molar-refractivity contribution in [2.24, 2.45) is 0 Å². The van der Waals surface area contributed by atoms with Crippen molar-refractivity contribution in [3.8, 4) is 0 Å². The highest BCUT2D eigenvalue weighted by atomic mass is 14.5. The van der Waals surface area contributed by atoms with Gasteiger partial charge in [0.05, 0.1) is 0 Å². The summed E-state index contributed by atoms with van der Waals surface area (Å²) < 4.78 is 0. The summed E-state index contributed by atoms with van der Waals surface area (Å²) in [5.41, 5.74) is 25.8. The second kappa shape index (κ2) is 32.2. The van der Waals surface area contributed by atoms with Gasteiger partial charge in [0.1, 0.15) is 0 Å². The summed E-state index contributed by atoms with van der Waals surface area (Å²) >= 11 is 0. The smallest absolute Gasteiger partial charge is 0.0316 e. The molecule has 0 radical (unpaired) electrons. The van der Waals surface area contributed by atoms with Crippen LogP contribution in [0, 0.1) is 0 Å². The molecule has 0 spiro atoms. The molecule has 2 nitrogen and oxygen atoms in total. The number of hydrogen-bond donors (Lipinski definition) is 2. The molecule has 0 aliphatic rings. The lowest BCUT2D eigenvalue weighted by atomic mass is 9.94. The standard InChI is InChI=1S/C59H90N2/c1-3-5-7-9-24-28-32-54-48-58(60)44-42-56(54)46-52-38-34-50(35-39-52)30-26-22-20-18-16-14-12-11-13-15-17-19-21-23-27-31-51-36-40-53(41-37-51)47-57-43-45-59(61)49-55(57)33-29-25-10-8-6-4-2/h34-45,48-49H,3-33,46-47,60-61H2,1-2H3. The monoisotopic (exact) mass is 827 g/mol. The van der Waals surface area contributed by atoms with Gasteiger partial charge in [-0.3, -0.25) is 0 Å². The van der Waals surface area contributed by atoms with Gasteiger partial charge < -0.3 is 11.5 Å². The molecular weight excluding hydrogens is 737 g/mol. The summed E-state index contributed by atoms with van der Waals surface area (Å²) in [5, 5.41) is 0. The second-order valence-electron chi connectivity index (χ2n) is 18.9.